The highest BCUT2D eigenvalue weighted by Crippen LogP contribution is 2.47. The van der Waals surface area contributed by atoms with Crippen molar-refractivity contribution in [3.05, 3.63) is 248 Å². The lowest BCUT2D eigenvalue weighted by atomic mass is 9.88. The SMILES string of the molecule is CNC(=O)c1c(-c2ccc(C)cc2)oc2cc(N(C)S(C)(=O)=O)c([C@@H]3CCCN(C(=O)c4nc5ccc(F)cc5[nH]4)C3)cc12.CNC(=O)c1c(-c2ccc(C)cc2)oc2cc(N(C)S(C)(=O)=O)c([C@@H]3CCCN(C(=O)c4nc5ccc(F)cc5s4)C3)cc12.CNC(=O)c1c(-c2ccc(C)cc2)oc2cc(N(C)S(C)(=O)=O)c([C@@H]3CCCN(C(=O)c4nc5ccccc5o4)C3)cc12. The van der Waals surface area contributed by atoms with Crippen LogP contribution in [0.25, 0.3) is 99.2 Å². The van der Waals surface area contributed by atoms with Gasteiger partial charge in [0, 0.05) is 150 Å². The lowest BCUT2D eigenvalue weighted by Crippen LogP contribution is -2.40. The van der Waals surface area contributed by atoms with Gasteiger partial charge in [-0.2, -0.15) is 0 Å². The normalized spacial score (nSPS) is 15.6. The average Bonchev–Trinajstić information content (AvgIpc) is 1.63. The predicted molar refractivity (Wildman–Crippen MR) is 502 cm³/mol. The van der Waals surface area contributed by atoms with Gasteiger partial charge in [-0.3, -0.25) is 41.7 Å². The molecule has 678 valence electrons. The maximum Gasteiger partial charge on any atom is 0.309 e. The quantitative estimate of drug-likeness (QED) is 0.0620. The number of nitrogens with zero attached hydrogens (tertiary/aromatic N) is 9. The highest BCUT2D eigenvalue weighted by Gasteiger charge is 2.38. The fourth-order valence-corrected chi connectivity index (χ4v) is 19.8. The van der Waals surface area contributed by atoms with Crippen LogP contribution >= 0.6 is 11.3 Å². The van der Waals surface area contributed by atoms with Gasteiger partial charge in [-0.05, 0) is 143 Å². The molecular formula is C96H95F2N13O16S4. The summed E-state index contributed by atoms with van der Waals surface area (Å²) in [5.74, 6) is -2.15. The minimum atomic E-state index is -3.67. The number of aryl methyl sites for hydroxylation is 3. The summed E-state index contributed by atoms with van der Waals surface area (Å²) in [7, 11) is -1.88. The molecule has 0 unspecified atom stereocenters. The van der Waals surface area contributed by atoms with Crippen molar-refractivity contribution in [3.63, 3.8) is 0 Å². The number of para-hydroxylation sites is 2. The summed E-state index contributed by atoms with van der Waals surface area (Å²) in [5, 5.41) is 10.1. The Hall–Kier alpha value is -13.6. The number of carbonyl (C=O) groups is 6. The lowest BCUT2D eigenvalue weighted by molar-refractivity contribution is 0.0667. The second kappa shape index (κ2) is 36.4. The van der Waals surface area contributed by atoms with Crippen molar-refractivity contribution in [2.75, 3.05) is 113 Å². The number of thiazole rings is 1. The van der Waals surface area contributed by atoms with E-state index in [1.807, 2.05) is 124 Å². The van der Waals surface area contributed by atoms with Crippen molar-refractivity contribution < 1.29 is 80.5 Å². The van der Waals surface area contributed by atoms with Crippen LogP contribution in [0.5, 0.6) is 0 Å². The number of H-pyrrole nitrogens is 1. The zero-order valence-electron chi connectivity index (χ0n) is 73.8. The van der Waals surface area contributed by atoms with Gasteiger partial charge in [0.2, 0.25) is 30.1 Å². The Balaban J connectivity index is 0.000000144. The first-order chi connectivity index (χ1) is 62.4. The molecule has 3 fully saturated rings. The summed E-state index contributed by atoms with van der Waals surface area (Å²) < 4.78 is 133. The van der Waals surface area contributed by atoms with E-state index in [1.54, 1.807) is 72.2 Å². The van der Waals surface area contributed by atoms with Gasteiger partial charge < -0.3 is 53.3 Å². The first-order valence-electron chi connectivity index (χ1n) is 42.4. The van der Waals surface area contributed by atoms with Gasteiger partial charge in [0.1, 0.15) is 51.2 Å². The van der Waals surface area contributed by atoms with Crippen LogP contribution in [-0.4, -0.2) is 196 Å². The van der Waals surface area contributed by atoms with E-state index in [2.05, 4.69) is 35.9 Å². The minimum absolute atomic E-state index is 0.0188. The molecule has 6 amide bonds. The molecular weight excluding hydrogens is 1760 g/mol. The van der Waals surface area contributed by atoms with Gasteiger partial charge in [-0.25, -0.2) is 49.0 Å². The Labute approximate surface area is 757 Å². The number of oxazole rings is 1. The molecule has 3 saturated heterocycles. The van der Waals surface area contributed by atoms with Gasteiger partial charge in [0.05, 0.1) is 73.8 Å². The highest BCUT2D eigenvalue weighted by molar-refractivity contribution is 7.92. The van der Waals surface area contributed by atoms with Gasteiger partial charge in [0.25, 0.3) is 35.4 Å². The van der Waals surface area contributed by atoms with Crippen LogP contribution in [-0.2, 0) is 30.1 Å². The van der Waals surface area contributed by atoms with E-state index in [9.17, 15) is 62.8 Å². The Morgan fingerprint density at radius 1 is 0.427 bits per heavy atom. The number of furan rings is 3. The maximum atomic E-state index is 13.8. The number of sulfonamides is 3. The van der Waals surface area contributed by atoms with E-state index in [-0.39, 0.29) is 69.9 Å². The number of likely N-dealkylation sites (tertiary alicyclic amines) is 3. The first kappa shape index (κ1) is 90.7. The summed E-state index contributed by atoms with van der Waals surface area (Å²) in [6, 6.07) is 48.9. The van der Waals surface area contributed by atoms with E-state index in [4.69, 9.17) is 17.7 Å². The van der Waals surface area contributed by atoms with E-state index in [0.29, 0.717) is 216 Å². The van der Waals surface area contributed by atoms with Gasteiger partial charge >= 0.3 is 5.91 Å². The molecule has 15 aromatic rings. The standard InChI is InChI=1S/C32H32FN5O5S.C32H31FN4O5S2.C32H32N4O6S/c1-18-7-9-19(10-8-18)29-28(31(39)34-2)23-15-22(26(16-27(23)43-29)37(3)44(4,41)42)20-6-5-13-38(17-20)32(40)30-35-24-12-11-21(33)14-25(24)36-30;1-18-7-9-19(10-8-18)29-28(30(38)34-2)23-15-22(25(16-26(23)42-29)36(3)44(4,40)41)20-6-5-13-37(17-20)32(39)31-35-24-12-11-21(33)14-27(24)43-31;1-19-11-13-20(14-12-19)29-28(30(37)33-2)23-16-22(25(17-27(23)41-29)35(3)43(4,39)40)21-8-7-15-36(18-21)32(38)31-34-24-9-5-6-10-26(24)42-31/h7-12,14-16,20H,5-6,13,17H2,1-4H3,(H,34,39)(H,35,36);7-12,14-16,20H,5-6,13,17H2,1-4H3,(H,34,38);5-6,9-14,16-17,21H,7-8,15,18H2,1-4H3,(H,33,37)/t2*20-;21-/m111/s1. The van der Waals surface area contributed by atoms with Crippen molar-refractivity contribution in [1.29, 1.82) is 0 Å². The topological polar surface area (TPSA) is 367 Å². The number of hydrogen-bond donors (Lipinski definition) is 4. The number of rotatable bonds is 18. The first-order valence-corrected chi connectivity index (χ1v) is 48.7. The van der Waals surface area contributed by atoms with Crippen LogP contribution in [0.15, 0.2) is 188 Å². The van der Waals surface area contributed by atoms with Gasteiger partial charge in [-0.15, -0.1) is 11.3 Å². The summed E-state index contributed by atoms with van der Waals surface area (Å²) in [4.78, 5) is 102. The molecule has 4 N–H and O–H groups in total. The summed E-state index contributed by atoms with van der Waals surface area (Å²) in [5.41, 5.74) is 13.5. The molecule has 0 aliphatic carbocycles. The average molecular weight is 1850 g/mol. The zero-order valence-corrected chi connectivity index (χ0v) is 77.1. The number of halogens is 2. The third-order valence-corrected chi connectivity index (χ3v) is 29.0. The third kappa shape index (κ3) is 18.4. The molecule has 9 aromatic carbocycles. The van der Waals surface area contributed by atoms with Crippen LogP contribution in [0.1, 0.15) is 152 Å². The summed E-state index contributed by atoms with van der Waals surface area (Å²) in [6.07, 6.45) is 7.52. The maximum absolute atomic E-state index is 13.8. The van der Waals surface area contributed by atoms with Crippen molar-refractivity contribution in [2.45, 2.75) is 77.0 Å². The molecule has 18 rings (SSSR count). The number of piperidine rings is 3. The Bertz CT molecular complexity index is 7110. The van der Waals surface area contributed by atoms with Crippen LogP contribution in [0.3, 0.4) is 0 Å². The zero-order chi connectivity index (χ0) is 93.1. The van der Waals surface area contributed by atoms with E-state index < -0.39 is 41.7 Å². The fraction of sp³-hybridized carbons (Fsp3) is 0.281. The Morgan fingerprint density at radius 3 is 1.19 bits per heavy atom. The van der Waals surface area contributed by atoms with Crippen molar-refractivity contribution >= 4 is 159 Å². The van der Waals surface area contributed by atoms with E-state index >= 15 is 0 Å². The third-order valence-electron chi connectivity index (χ3n) is 24.4. The molecule has 6 aromatic heterocycles. The van der Waals surface area contributed by atoms with E-state index in [1.165, 1.54) is 64.4 Å². The van der Waals surface area contributed by atoms with Crippen LogP contribution < -0.4 is 28.9 Å². The fourth-order valence-electron chi connectivity index (χ4n) is 17.3. The Morgan fingerprint density at radius 2 is 0.802 bits per heavy atom. The largest absolute Gasteiger partial charge is 0.455 e. The van der Waals surface area contributed by atoms with Crippen LogP contribution in [0, 0.1) is 32.4 Å². The van der Waals surface area contributed by atoms with Crippen molar-refractivity contribution in [1.82, 2.24) is 50.6 Å². The number of carbonyl (C=O) groups excluding carboxylic acids is 6. The smallest absolute Gasteiger partial charge is 0.309 e. The van der Waals surface area contributed by atoms with Gasteiger partial charge in [-0.1, -0.05) is 102 Å². The molecule has 3 aliphatic heterocycles. The molecule has 9 heterocycles. The molecule has 0 radical (unpaired) electrons. The minimum Gasteiger partial charge on any atom is -0.455 e. The monoisotopic (exact) mass is 1850 g/mol. The second-order valence-corrected chi connectivity index (χ2v) is 40.4. The number of nitrogens with one attached hydrogen (secondary N) is 4. The van der Waals surface area contributed by atoms with Crippen LogP contribution in [0.4, 0.5) is 25.8 Å². The number of aromatic nitrogens is 4. The molecule has 3 aliphatic rings. The number of amides is 6. The molecule has 0 saturated carbocycles. The number of fused-ring (bicyclic) bond motifs is 6. The van der Waals surface area contributed by atoms with Crippen molar-refractivity contribution in [2.24, 2.45) is 0 Å². The number of hydrogen-bond acceptors (Lipinski definition) is 20. The Kier molecular flexibility index (Phi) is 25.2. The molecule has 0 spiro atoms. The molecule has 3 atom stereocenters. The number of anilines is 3. The molecule has 35 heteroatoms. The lowest BCUT2D eigenvalue weighted by Gasteiger charge is -2.34. The highest BCUT2D eigenvalue weighted by atomic mass is 32.2. The van der Waals surface area contributed by atoms with Crippen molar-refractivity contribution in [3.8, 4) is 34.0 Å². The summed E-state index contributed by atoms with van der Waals surface area (Å²) >= 11 is 1.15. The van der Waals surface area contributed by atoms with Gasteiger partial charge in [0.15, 0.2) is 16.4 Å². The molecule has 29 nitrogen and oxygen atoms in total. The summed E-state index contributed by atoms with van der Waals surface area (Å²) in [6.45, 7) is 8.34. The number of imidazole rings is 1. The number of benzene rings is 9. The number of aromatic amines is 1. The van der Waals surface area contributed by atoms with Crippen LogP contribution in [0.2, 0.25) is 0 Å². The van der Waals surface area contributed by atoms with E-state index in [0.717, 1.165) is 57.9 Å². The predicted octanol–water partition coefficient (Wildman–Crippen LogP) is 16.5. The second-order valence-electron chi connectivity index (χ2n) is 33.3. The molecule has 0 bridgehead atoms. The molecule has 131 heavy (non-hydrogen) atoms.